The first-order valence-electron chi connectivity index (χ1n) is 6.62. The topological polar surface area (TPSA) is 80.4 Å². The summed E-state index contributed by atoms with van der Waals surface area (Å²) in [7, 11) is 0. The van der Waals surface area contributed by atoms with E-state index in [0.717, 1.165) is 12.8 Å². The molecule has 0 radical (unpaired) electrons. The Labute approximate surface area is 108 Å². The molecule has 0 unspecified atom stereocenters. The van der Waals surface area contributed by atoms with Crippen LogP contribution in [0.3, 0.4) is 0 Å². The highest BCUT2D eigenvalue weighted by atomic mass is 16.6. The normalized spacial score (nSPS) is 36.3. The standard InChI is InChI=1S/C13H23NO4/c1-4-5-6-13(14(17)18)8-7-12(3,16)11(9-13)10(2)15/h11,16H,4-9H2,1-3H3/t11-,12+,13-/m0/s1. The average molecular weight is 257 g/mol. The number of nitro groups is 1. The van der Waals surface area contributed by atoms with Crippen molar-refractivity contribution in [3.05, 3.63) is 10.1 Å². The number of Topliss-reactive ketones (excluding diaryl/α,β-unsaturated/α-hetero) is 1. The monoisotopic (exact) mass is 257 g/mol. The van der Waals surface area contributed by atoms with E-state index in [2.05, 4.69) is 0 Å². The van der Waals surface area contributed by atoms with Gasteiger partial charge in [-0.15, -0.1) is 0 Å². The first-order valence-corrected chi connectivity index (χ1v) is 6.62. The van der Waals surface area contributed by atoms with Crippen molar-refractivity contribution < 1.29 is 14.8 Å². The van der Waals surface area contributed by atoms with Crippen LogP contribution in [-0.4, -0.2) is 27.0 Å². The molecule has 0 spiro atoms. The zero-order valence-corrected chi connectivity index (χ0v) is 11.4. The zero-order chi connectivity index (χ0) is 14.0. The molecular formula is C13H23NO4. The van der Waals surface area contributed by atoms with Gasteiger partial charge in [0, 0.05) is 24.2 Å². The summed E-state index contributed by atoms with van der Waals surface area (Å²) in [6.07, 6.45) is 3.03. The lowest BCUT2D eigenvalue weighted by Crippen LogP contribution is -2.53. The molecule has 5 heteroatoms. The van der Waals surface area contributed by atoms with Crippen LogP contribution < -0.4 is 0 Å². The van der Waals surface area contributed by atoms with Crippen LogP contribution in [0.25, 0.3) is 0 Å². The van der Waals surface area contributed by atoms with Gasteiger partial charge in [0.25, 0.3) is 0 Å². The molecule has 0 heterocycles. The maximum absolute atomic E-state index is 11.6. The highest BCUT2D eigenvalue weighted by Crippen LogP contribution is 2.43. The molecule has 0 amide bonds. The lowest BCUT2D eigenvalue weighted by Gasteiger charge is -2.42. The molecule has 0 saturated heterocycles. The van der Waals surface area contributed by atoms with Gasteiger partial charge in [0.2, 0.25) is 5.54 Å². The molecule has 1 aliphatic carbocycles. The fraction of sp³-hybridized carbons (Fsp3) is 0.923. The van der Waals surface area contributed by atoms with Gasteiger partial charge >= 0.3 is 0 Å². The minimum absolute atomic E-state index is 0.151. The summed E-state index contributed by atoms with van der Waals surface area (Å²) in [6.45, 7) is 5.02. The highest BCUT2D eigenvalue weighted by molar-refractivity contribution is 5.79. The van der Waals surface area contributed by atoms with E-state index in [1.807, 2.05) is 6.92 Å². The Morgan fingerprint density at radius 2 is 2.11 bits per heavy atom. The van der Waals surface area contributed by atoms with Crippen molar-refractivity contribution in [2.75, 3.05) is 0 Å². The van der Waals surface area contributed by atoms with E-state index in [4.69, 9.17) is 0 Å². The van der Waals surface area contributed by atoms with Gasteiger partial charge in [0.15, 0.2) is 0 Å². The molecule has 0 aromatic rings. The van der Waals surface area contributed by atoms with E-state index < -0.39 is 17.1 Å². The molecule has 1 N–H and O–H groups in total. The number of hydrogen-bond acceptors (Lipinski definition) is 4. The smallest absolute Gasteiger partial charge is 0.223 e. The van der Waals surface area contributed by atoms with Crippen LogP contribution in [0.1, 0.15) is 59.3 Å². The van der Waals surface area contributed by atoms with Crippen LogP contribution in [0.5, 0.6) is 0 Å². The van der Waals surface area contributed by atoms with Gasteiger partial charge in [-0.05, 0) is 26.7 Å². The molecule has 1 aliphatic rings. The summed E-state index contributed by atoms with van der Waals surface area (Å²) in [5.41, 5.74) is -2.12. The SMILES string of the molecule is CCCC[C@]1([N+](=O)[O-])CC[C@@](C)(O)[C@H](C(C)=O)C1. The predicted octanol–water partition coefficient (Wildman–Crippen LogP) is 2.33. The van der Waals surface area contributed by atoms with E-state index >= 15 is 0 Å². The summed E-state index contributed by atoms with van der Waals surface area (Å²) < 4.78 is 0. The van der Waals surface area contributed by atoms with E-state index in [1.165, 1.54) is 6.92 Å². The van der Waals surface area contributed by atoms with Crippen molar-refractivity contribution in [2.24, 2.45) is 5.92 Å². The average Bonchev–Trinajstić information content (AvgIpc) is 2.27. The van der Waals surface area contributed by atoms with E-state index in [0.29, 0.717) is 19.3 Å². The van der Waals surface area contributed by atoms with Gasteiger partial charge in [-0.1, -0.05) is 13.3 Å². The molecule has 104 valence electrons. The summed E-state index contributed by atoms with van der Waals surface area (Å²) >= 11 is 0. The molecule has 18 heavy (non-hydrogen) atoms. The number of nitrogens with zero attached hydrogens (tertiary/aromatic N) is 1. The quantitative estimate of drug-likeness (QED) is 0.605. The Morgan fingerprint density at radius 1 is 1.50 bits per heavy atom. The van der Waals surface area contributed by atoms with Crippen LogP contribution in [0.2, 0.25) is 0 Å². The molecule has 1 fully saturated rings. The molecule has 0 bridgehead atoms. The lowest BCUT2D eigenvalue weighted by atomic mass is 9.65. The molecule has 1 rings (SSSR count). The maximum atomic E-state index is 11.6. The van der Waals surface area contributed by atoms with Gasteiger partial charge in [-0.3, -0.25) is 14.9 Å². The first kappa shape index (κ1) is 15.1. The molecular weight excluding hydrogens is 234 g/mol. The fourth-order valence-corrected chi connectivity index (χ4v) is 2.93. The predicted molar refractivity (Wildman–Crippen MR) is 67.9 cm³/mol. The van der Waals surface area contributed by atoms with E-state index in [-0.39, 0.29) is 17.1 Å². The summed E-state index contributed by atoms with van der Waals surface area (Å²) in [5, 5.41) is 21.6. The molecule has 5 nitrogen and oxygen atoms in total. The Morgan fingerprint density at radius 3 is 2.56 bits per heavy atom. The van der Waals surface area contributed by atoms with Crippen molar-refractivity contribution in [1.29, 1.82) is 0 Å². The second-order valence-corrected chi connectivity index (χ2v) is 5.81. The fourth-order valence-electron chi connectivity index (χ4n) is 2.93. The van der Waals surface area contributed by atoms with Crippen molar-refractivity contribution in [1.82, 2.24) is 0 Å². The van der Waals surface area contributed by atoms with Gasteiger partial charge in [0.1, 0.15) is 5.78 Å². The lowest BCUT2D eigenvalue weighted by molar-refractivity contribution is -0.579. The molecule has 1 saturated carbocycles. The Balaban J connectivity index is 2.95. The maximum Gasteiger partial charge on any atom is 0.223 e. The van der Waals surface area contributed by atoms with Crippen LogP contribution in [0.4, 0.5) is 0 Å². The van der Waals surface area contributed by atoms with Crippen LogP contribution >= 0.6 is 0 Å². The van der Waals surface area contributed by atoms with Crippen LogP contribution in [-0.2, 0) is 4.79 Å². The van der Waals surface area contributed by atoms with Gasteiger partial charge in [-0.25, -0.2) is 0 Å². The summed E-state index contributed by atoms with van der Waals surface area (Å²) in [5.74, 6) is -0.768. The third-order valence-electron chi connectivity index (χ3n) is 4.30. The van der Waals surface area contributed by atoms with E-state index in [1.54, 1.807) is 6.92 Å². The van der Waals surface area contributed by atoms with Gasteiger partial charge < -0.3 is 5.11 Å². The van der Waals surface area contributed by atoms with Crippen molar-refractivity contribution >= 4 is 5.78 Å². The van der Waals surface area contributed by atoms with Gasteiger partial charge in [0.05, 0.1) is 11.5 Å². The minimum atomic E-state index is -1.10. The summed E-state index contributed by atoms with van der Waals surface area (Å²) in [4.78, 5) is 22.8. The molecule has 0 aromatic heterocycles. The largest absolute Gasteiger partial charge is 0.389 e. The van der Waals surface area contributed by atoms with Crippen LogP contribution in [0, 0.1) is 16.0 Å². The highest BCUT2D eigenvalue weighted by Gasteiger charge is 2.54. The second-order valence-electron chi connectivity index (χ2n) is 5.81. The van der Waals surface area contributed by atoms with Crippen molar-refractivity contribution in [3.8, 4) is 0 Å². The number of unbranched alkanes of at least 4 members (excludes halogenated alkanes) is 1. The third kappa shape index (κ3) is 2.88. The number of ketones is 1. The third-order valence-corrected chi connectivity index (χ3v) is 4.30. The number of carbonyl (C=O) groups excluding carboxylic acids is 1. The van der Waals surface area contributed by atoms with Gasteiger partial charge in [-0.2, -0.15) is 0 Å². The van der Waals surface area contributed by atoms with E-state index in [9.17, 15) is 20.0 Å². The van der Waals surface area contributed by atoms with Crippen molar-refractivity contribution in [2.45, 2.75) is 70.4 Å². The molecule has 3 atom stereocenters. The van der Waals surface area contributed by atoms with Crippen LogP contribution in [0.15, 0.2) is 0 Å². The Hall–Kier alpha value is -0.970. The van der Waals surface area contributed by atoms with Crippen molar-refractivity contribution in [3.63, 3.8) is 0 Å². The summed E-state index contributed by atoms with van der Waals surface area (Å²) in [6, 6.07) is 0. The number of aliphatic hydroxyl groups is 1. The Bertz CT molecular complexity index is 340. The number of hydrogen-bond donors (Lipinski definition) is 1. The Kier molecular flexibility index (Phi) is 4.48. The zero-order valence-electron chi connectivity index (χ0n) is 11.4. The first-order chi connectivity index (χ1) is 8.25. The number of rotatable bonds is 5. The molecule has 0 aliphatic heterocycles. The number of carbonyl (C=O) groups is 1. The molecule has 0 aromatic carbocycles. The minimum Gasteiger partial charge on any atom is -0.389 e. The second kappa shape index (κ2) is 5.34.